The predicted molar refractivity (Wildman–Crippen MR) is 97.1 cm³/mol. The smallest absolute Gasteiger partial charge is 0.237 e. The van der Waals surface area contributed by atoms with Crippen molar-refractivity contribution >= 4 is 34.6 Å². The van der Waals surface area contributed by atoms with Crippen LogP contribution in [0.3, 0.4) is 0 Å². The molecule has 1 aromatic carbocycles. The van der Waals surface area contributed by atoms with Gasteiger partial charge in [0, 0.05) is 32.7 Å². The number of amides is 2. The van der Waals surface area contributed by atoms with Crippen LogP contribution in [0.4, 0.5) is 0 Å². The standard InChI is InChI=1S/C17H23N5O2S/c1-11(2)22-7-6-18-17(24)15(22)9-16(23)21(3)10-12-4-5-13-14(8-12)20-25-19-13/h4-5,8,11,15H,6-7,9-10H2,1-3H3,(H,18,24)/t15-/m1/s1. The molecule has 0 spiro atoms. The van der Waals surface area contributed by atoms with Crippen LogP contribution in [0.1, 0.15) is 25.8 Å². The summed E-state index contributed by atoms with van der Waals surface area (Å²) in [5.41, 5.74) is 2.72. The van der Waals surface area contributed by atoms with E-state index in [1.165, 1.54) is 11.7 Å². The fourth-order valence-corrected chi connectivity index (χ4v) is 3.69. The Kier molecular flexibility index (Phi) is 5.29. The summed E-state index contributed by atoms with van der Waals surface area (Å²) in [7, 11) is 1.77. The Bertz CT molecular complexity index is 775. The Hall–Kier alpha value is -2.06. The number of carbonyl (C=O) groups excluding carboxylic acids is 2. The molecule has 1 atom stereocenters. The zero-order valence-electron chi connectivity index (χ0n) is 14.7. The number of rotatable bonds is 5. The molecule has 134 valence electrons. The first kappa shape index (κ1) is 17.8. The lowest BCUT2D eigenvalue weighted by atomic mass is 10.1. The van der Waals surface area contributed by atoms with E-state index in [0.717, 1.165) is 23.1 Å². The molecule has 1 aliphatic rings. The summed E-state index contributed by atoms with van der Waals surface area (Å²) in [6.45, 7) is 6.01. The van der Waals surface area contributed by atoms with E-state index in [2.05, 4.69) is 32.8 Å². The van der Waals surface area contributed by atoms with E-state index in [0.29, 0.717) is 13.1 Å². The Morgan fingerprint density at radius 3 is 2.92 bits per heavy atom. The van der Waals surface area contributed by atoms with Gasteiger partial charge in [0.05, 0.1) is 24.2 Å². The van der Waals surface area contributed by atoms with Gasteiger partial charge in [-0.05, 0) is 31.5 Å². The minimum absolute atomic E-state index is 0.0378. The molecular formula is C17H23N5O2S. The molecule has 3 rings (SSSR count). The number of nitrogens with one attached hydrogen (secondary N) is 1. The Morgan fingerprint density at radius 1 is 1.40 bits per heavy atom. The fraction of sp³-hybridized carbons (Fsp3) is 0.529. The average molecular weight is 361 g/mol. The highest BCUT2D eigenvalue weighted by Gasteiger charge is 2.33. The van der Waals surface area contributed by atoms with Gasteiger partial charge in [0.15, 0.2) is 0 Å². The summed E-state index contributed by atoms with van der Waals surface area (Å²) in [4.78, 5) is 28.6. The zero-order chi connectivity index (χ0) is 18.0. The van der Waals surface area contributed by atoms with Gasteiger partial charge in [-0.3, -0.25) is 14.5 Å². The molecule has 25 heavy (non-hydrogen) atoms. The topological polar surface area (TPSA) is 78.4 Å². The van der Waals surface area contributed by atoms with Crippen molar-refractivity contribution in [1.29, 1.82) is 0 Å². The van der Waals surface area contributed by atoms with Gasteiger partial charge in [0.2, 0.25) is 11.8 Å². The SMILES string of the molecule is CC(C)N1CCNC(=O)[C@H]1CC(=O)N(C)Cc1ccc2nsnc2c1. The maximum Gasteiger partial charge on any atom is 0.237 e. The minimum atomic E-state index is -0.395. The first-order valence-corrected chi connectivity index (χ1v) is 9.17. The van der Waals surface area contributed by atoms with Gasteiger partial charge in [-0.2, -0.15) is 8.75 Å². The summed E-state index contributed by atoms with van der Waals surface area (Å²) >= 11 is 1.18. The predicted octanol–water partition coefficient (Wildman–Crippen LogP) is 1.25. The number of carbonyl (C=O) groups is 2. The summed E-state index contributed by atoms with van der Waals surface area (Å²) in [6, 6.07) is 5.67. The lowest BCUT2D eigenvalue weighted by Gasteiger charge is -2.38. The number of hydrogen-bond donors (Lipinski definition) is 1. The van der Waals surface area contributed by atoms with E-state index in [9.17, 15) is 9.59 Å². The van der Waals surface area contributed by atoms with E-state index in [-0.39, 0.29) is 24.3 Å². The molecule has 1 N–H and O–H groups in total. The highest BCUT2D eigenvalue weighted by atomic mass is 32.1. The zero-order valence-corrected chi connectivity index (χ0v) is 15.5. The van der Waals surface area contributed by atoms with Crippen molar-refractivity contribution in [2.45, 2.75) is 38.9 Å². The monoisotopic (exact) mass is 361 g/mol. The van der Waals surface area contributed by atoms with Gasteiger partial charge in [-0.1, -0.05) is 6.07 Å². The fourth-order valence-electron chi connectivity index (χ4n) is 3.17. The lowest BCUT2D eigenvalue weighted by Crippen LogP contribution is -2.58. The Labute approximate surface area is 151 Å². The molecule has 7 nitrogen and oxygen atoms in total. The van der Waals surface area contributed by atoms with E-state index >= 15 is 0 Å². The average Bonchev–Trinajstić information content (AvgIpc) is 3.04. The van der Waals surface area contributed by atoms with Crippen molar-refractivity contribution < 1.29 is 9.59 Å². The largest absolute Gasteiger partial charge is 0.353 e. The van der Waals surface area contributed by atoms with Crippen molar-refractivity contribution in [3.8, 4) is 0 Å². The number of aromatic nitrogens is 2. The van der Waals surface area contributed by atoms with Gasteiger partial charge in [-0.25, -0.2) is 0 Å². The molecule has 0 bridgehead atoms. The lowest BCUT2D eigenvalue weighted by molar-refractivity contribution is -0.139. The molecule has 0 saturated carbocycles. The molecule has 0 unspecified atom stereocenters. The minimum Gasteiger partial charge on any atom is -0.353 e. The number of fused-ring (bicyclic) bond motifs is 1. The van der Waals surface area contributed by atoms with Crippen LogP contribution in [0.5, 0.6) is 0 Å². The molecular weight excluding hydrogens is 338 g/mol. The van der Waals surface area contributed by atoms with Crippen molar-refractivity contribution in [2.75, 3.05) is 20.1 Å². The summed E-state index contributed by atoms with van der Waals surface area (Å²) in [5, 5.41) is 2.86. The molecule has 0 aliphatic carbocycles. The van der Waals surface area contributed by atoms with Crippen LogP contribution in [0.2, 0.25) is 0 Å². The molecule has 1 aromatic heterocycles. The van der Waals surface area contributed by atoms with E-state index in [1.807, 2.05) is 18.2 Å². The third kappa shape index (κ3) is 3.96. The maximum atomic E-state index is 12.6. The van der Waals surface area contributed by atoms with Crippen LogP contribution in [0.25, 0.3) is 11.0 Å². The quantitative estimate of drug-likeness (QED) is 0.867. The Morgan fingerprint density at radius 2 is 2.16 bits per heavy atom. The van der Waals surface area contributed by atoms with Crippen LogP contribution >= 0.6 is 11.7 Å². The van der Waals surface area contributed by atoms with Crippen molar-refractivity contribution in [3.63, 3.8) is 0 Å². The van der Waals surface area contributed by atoms with E-state index < -0.39 is 6.04 Å². The second kappa shape index (κ2) is 7.45. The highest BCUT2D eigenvalue weighted by Crippen LogP contribution is 2.17. The molecule has 2 amide bonds. The second-order valence-corrected chi connectivity index (χ2v) is 7.21. The van der Waals surface area contributed by atoms with Crippen LogP contribution in [0, 0.1) is 0 Å². The van der Waals surface area contributed by atoms with E-state index in [1.54, 1.807) is 11.9 Å². The summed E-state index contributed by atoms with van der Waals surface area (Å²) < 4.78 is 8.42. The summed E-state index contributed by atoms with van der Waals surface area (Å²) in [5.74, 6) is -0.0964. The van der Waals surface area contributed by atoms with Crippen molar-refractivity contribution in [3.05, 3.63) is 23.8 Å². The second-order valence-electron chi connectivity index (χ2n) is 6.68. The summed E-state index contributed by atoms with van der Waals surface area (Å²) in [6.07, 6.45) is 0.195. The molecule has 2 aromatic rings. The maximum absolute atomic E-state index is 12.6. The number of hydrogen-bond acceptors (Lipinski definition) is 6. The first-order valence-electron chi connectivity index (χ1n) is 8.44. The molecule has 0 radical (unpaired) electrons. The van der Waals surface area contributed by atoms with Gasteiger partial charge < -0.3 is 10.2 Å². The normalized spacial score (nSPS) is 18.6. The third-order valence-corrected chi connectivity index (χ3v) is 5.12. The first-order chi connectivity index (χ1) is 12.0. The molecule has 1 fully saturated rings. The van der Waals surface area contributed by atoms with Gasteiger partial charge in [0.1, 0.15) is 11.0 Å². The van der Waals surface area contributed by atoms with E-state index in [4.69, 9.17) is 0 Å². The van der Waals surface area contributed by atoms with Gasteiger partial charge >= 0.3 is 0 Å². The van der Waals surface area contributed by atoms with Gasteiger partial charge in [0.25, 0.3) is 0 Å². The van der Waals surface area contributed by atoms with Crippen LogP contribution in [-0.4, -0.2) is 62.6 Å². The van der Waals surface area contributed by atoms with Crippen LogP contribution in [-0.2, 0) is 16.1 Å². The number of piperazine rings is 1. The Balaban J connectivity index is 1.65. The van der Waals surface area contributed by atoms with Crippen LogP contribution in [0.15, 0.2) is 18.2 Å². The van der Waals surface area contributed by atoms with Gasteiger partial charge in [-0.15, -0.1) is 0 Å². The number of nitrogens with zero attached hydrogens (tertiary/aromatic N) is 4. The van der Waals surface area contributed by atoms with Crippen molar-refractivity contribution in [1.82, 2.24) is 23.9 Å². The highest BCUT2D eigenvalue weighted by molar-refractivity contribution is 7.00. The van der Waals surface area contributed by atoms with Crippen LogP contribution < -0.4 is 5.32 Å². The molecule has 8 heteroatoms. The van der Waals surface area contributed by atoms with Crippen molar-refractivity contribution in [2.24, 2.45) is 0 Å². The third-order valence-electron chi connectivity index (χ3n) is 4.57. The molecule has 2 heterocycles. The number of benzene rings is 1. The molecule has 1 aliphatic heterocycles. The molecule has 1 saturated heterocycles.